The third kappa shape index (κ3) is 3.64. The highest BCUT2D eigenvalue weighted by molar-refractivity contribution is 5.84. The standard InChI is InChI=1S/C14H24N4O/c1-16-8-4-9-17(2)12(11-16)13(19)5-6-14-15-7-10-18(14)3/h7,10,12H,4-6,8-9,11H2,1-3H3. The van der Waals surface area contributed by atoms with Crippen molar-refractivity contribution >= 4 is 5.78 Å². The van der Waals surface area contributed by atoms with Crippen molar-refractivity contribution in [2.75, 3.05) is 33.7 Å². The van der Waals surface area contributed by atoms with Crippen LogP contribution < -0.4 is 0 Å². The molecule has 1 aromatic heterocycles. The highest BCUT2D eigenvalue weighted by atomic mass is 16.1. The van der Waals surface area contributed by atoms with Gasteiger partial charge in [0, 0.05) is 38.8 Å². The summed E-state index contributed by atoms with van der Waals surface area (Å²) in [5.41, 5.74) is 0. The predicted octanol–water partition coefficient (Wildman–Crippen LogP) is 0.558. The lowest BCUT2D eigenvalue weighted by atomic mass is 10.1. The number of aryl methyl sites for hydroxylation is 2. The minimum absolute atomic E-state index is 0.0350. The van der Waals surface area contributed by atoms with E-state index in [1.165, 1.54) is 0 Å². The number of hydrogen-bond acceptors (Lipinski definition) is 4. The molecule has 1 aliphatic heterocycles. The molecule has 0 radical (unpaired) electrons. The molecule has 5 heteroatoms. The van der Waals surface area contributed by atoms with Crippen LogP contribution in [-0.4, -0.2) is 64.9 Å². The largest absolute Gasteiger partial charge is 0.338 e. The number of aromatic nitrogens is 2. The van der Waals surface area contributed by atoms with Crippen molar-refractivity contribution in [3.63, 3.8) is 0 Å². The molecule has 5 nitrogen and oxygen atoms in total. The van der Waals surface area contributed by atoms with E-state index >= 15 is 0 Å². The molecule has 0 bridgehead atoms. The molecule has 0 aliphatic carbocycles. The van der Waals surface area contributed by atoms with Crippen LogP contribution in [0, 0.1) is 0 Å². The summed E-state index contributed by atoms with van der Waals surface area (Å²) >= 11 is 0. The van der Waals surface area contributed by atoms with E-state index < -0.39 is 0 Å². The topological polar surface area (TPSA) is 41.4 Å². The Morgan fingerprint density at radius 2 is 2.16 bits per heavy atom. The van der Waals surface area contributed by atoms with Crippen LogP contribution in [-0.2, 0) is 18.3 Å². The Labute approximate surface area is 115 Å². The van der Waals surface area contributed by atoms with Gasteiger partial charge in [0.1, 0.15) is 5.82 Å². The number of nitrogens with zero attached hydrogens (tertiary/aromatic N) is 4. The summed E-state index contributed by atoms with van der Waals surface area (Å²) in [5, 5.41) is 0. The molecule has 0 amide bonds. The molecule has 0 aromatic carbocycles. The minimum Gasteiger partial charge on any atom is -0.338 e. The molecule has 2 heterocycles. The number of carbonyl (C=O) groups excluding carboxylic acids is 1. The van der Waals surface area contributed by atoms with Crippen molar-refractivity contribution in [1.29, 1.82) is 0 Å². The van der Waals surface area contributed by atoms with Crippen LogP contribution in [0.25, 0.3) is 0 Å². The lowest BCUT2D eigenvalue weighted by Gasteiger charge is -2.26. The first kappa shape index (κ1) is 14.2. The summed E-state index contributed by atoms with van der Waals surface area (Å²) < 4.78 is 1.98. The summed E-state index contributed by atoms with van der Waals surface area (Å²) in [6.07, 6.45) is 6.15. The Bertz CT molecular complexity index is 429. The Morgan fingerprint density at radius 3 is 2.84 bits per heavy atom. The first-order chi connectivity index (χ1) is 9.08. The number of carbonyl (C=O) groups is 1. The van der Waals surface area contributed by atoms with Gasteiger partial charge in [0.05, 0.1) is 6.04 Å². The Hall–Kier alpha value is -1.20. The molecule has 2 rings (SSSR count). The van der Waals surface area contributed by atoms with E-state index in [1.54, 1.807) is 6.20 Å². The Morgan fingerprint density at radius 1 is 1.37 bits per heavy atom. The van der Waals surface area contributed by atoms with Crippen LogP contribution in [0.15, 0.2) is 12.4 Å². The van der Waals surface area contributed by atoms with Crippen LogP contribution in [0.3, 0.4) is 0 Å². The van der Waals surface area contributed by atoms with Gasteiger partial charge in [-0.05, 0) is 33.6 Å². The average Bonchev–Trinajstić information content (AvgIpc) is 2.70. The smallest absolute Gasteiger partial charge is 0.151 e. The molecule has 1 saturated heterocycles. The van der Waals surface area contributed by atoms with Crippen molar-refractivity contribution in [2.45, 2.75) is 25.3 Å². The van der Waals surface area contributed by atoms with Gasteiger partial charge in [-0.2, -0.15) is 0 Å². The van der Waals surface area contributed by atoms with E-state index in [9.17, 15) is 4.79 Å². The van der Waals surface area contributed by atoms with E-state index in [-0.39, 0.29) is 6.04 Å². The zero-order valence-electron chi connectivity index (χ0n) is 12.2. The van der Waals surface area contributed by atoms with Gasteiger partial charge < -0.3 is 9.47 Å². The fourth-order valence-corrected chi connectivity index (χ4v) is 2.66. The average molecular weight is 264 g/mol. The second-order valence-corrected chi connectivity index (χ2v) is 5.53. The number of hydrogen-bond donors (Lipinski definition) is 0. The molecular weight excluding hydrogens is 240 g/mol. The van der Waals surface area contributed by atoms with E-state index in [0.717, 1.165) is 38.3 Å². The van der Waals surface area contributed by atoms with Crippen molar-refractivity contribution < 1.29 is 4.79 Å². The van der Waals surface area contributed by atoms with Crippen molar-refractivity contribution in [3.05, 3.63) is 18.2 Å². The van der Waals surface area contributed by atoms with Crippen LogP contribution in [0.1, 0.15) is 18.7 Å². The zero-order valence-corrected chi connectivity index (χ0v) is 12.2. The van der Waals surface area contributed by atoms with Gasteiger partial charge in [0.25, 0.3) is 0 Å². The van der Waals surface area contributed by atoms with Crippen LogP contribution in [0.2, 0.25) is 0 Å². The van der Waals surface area contributed by atoms with Gasteiger partial charge in [0.15, 0.2) is 5.78 Å². The number of likely N-dealkylation sites (N-methyl/N-ethyl adjacent to an activating group) is 2. The maximum absolute atomic E-state index is 12.4. The van der Waals surface area contributed by atoms with E-state index in [2.05, 4.69) is 28.9 Å². The molecule has 0 N–H and O–H groups in total. The lowest BCUT2D eigenvalue weighted by Crippen LogP contribution is -2.43. The van der Waals surface area contributed by atoms with Crippen molar-refractivity contribution in [3.8, 4) is 0 Å². The molecule has 0 spiro atoms. The Balaban J connectivity index is 1.92. The van der Waals surface area contributed by atoms with Crippen molar-refractivity contribution in [2.24, 2.45) is 7.05 Å². The predicted molar refractivity (Wildman–Crippen MR) is 75.1 cm³/mol. The third-order valence-electron chi connectivity index (χ3n) is 3.95. The van der Waals surface area contributed by atoms with Crippen LogP contribution in [0.4, 0.5) is 0 Å². The first-order valence-electron chi connectivity index (χ1n) is 6.95. The molecule has 1 aromatic rings. The molecule has 1 fully saturated rings. The molecular formula is C14H24N4O. The van der Waals surface area contributed by atoms with E-state index in [1.807, 2.05) is 17.8 Å². The summed E-state index contributed by atoms with van der Waals surface area (Å²) in [6.45, 7) is 2.92. The van der Waals surface area contributed by atoms with Gasteiger partial charge in [-0.15, -0.1) is 0 Å². The molecule has 106 valence electrons. The monoisotopic (exact) mass is 264 g/mol. The molecule has 1 atom stereocenters. The highest BCUT2D eigenvalue weighted by Crippen LogP contribution is 2.11. The van der Waals surface area contributed by atoms with E-state index in [4.69, 9.17) is 0 Å². The second-order valence-electron chi connectivity index (χ2n) is 5.53. The molecule has 1 aliphatic rings. The first-order valence-corrected chi connectivity index (χ1v) is 6.95. The molecule has 19 heavy (non-hydrogen) atoms. The quantitative estimate of drug-likeness (QED) is 0.797. The van der Waals surface area contributed by atoms with E-state index in [0.29, 0.717) is 12.2 Å². The summed E-state index contributed by atoms with van der Waals surface area (Å²) in [5.74, 6) is 1.32. The van der Waals surface area contributed by atoms with Gasteiger partial charge in [-0.3, -0.25) is 9.69 Å². The SMILES string of the molecule is CN1CCCN(C)C(C(=O)CCc2nccn2C)C1. The van der Waals surface area contributed by atoms with Crippen LogP contribution >= 0.6 is 0 Å². The zero-order chi connectivity index (χ0) is 13.8. The fraction of sp³-hybridized carbons (Fsp3) is 0.714. The number of Topliss-reactive ketones (excluding diaryl/α,β-unsaturated/α-hetero) is 1. The summed E-state index contributed by atoms with van der Waals surface area (Å²) in [7, 11) is 6.12. The highest BCUT2D eigenvalue weighted by Gasteiger charge is 2.26. The summed E-state index contributed by atoms with van der Waals surface area (Å²) in [4.78, 5) is 21.1. The normalized spacial score (nSPS) is 22.4. The van der Waals surface area contributed by atoms with Crippen molar-refractivity contribution in [1.82, 2.24) is 19.4 Å². The molecule has 1 unspecified atom stereocenters. The van der Waals surface area contributed by atoms with Gasteiger partial charge in [-0.1, -0.05) is 0 Å². The molecule has 0 saturated carbocycles. The second kappa shape index (κ2) is 6.30. The Kier molecular flexibility index (Phi) is 4.71. The van der Waals surface area contributed by atoms with Crippen LogP contribution in [0.5, 0.6) is 0 Å². The minimum atomic E-state index is 0.0350. The summed E-state index contributed by atoms with van der Waals surface area (Å²) in [6, 6.07) is 0.0350. The number of rotatable bonds is 4. The number of imidazole rings is 1. The van der Waals surface area contributed by atoms with Gasteiger partial charge in [-0.25, -0.2) is 4.98 Å². The van der Waals surface area contributed by atoms with Gasteiger partial charge in [0.2, 0.25) is 0 Å². The third-order valence-corrected chi connectivity index (χ3v) is 3.95. The fourth-order valence-electron chi connectivity index (χ4n) is 2.66. The maximum atomic E-state index is 12.4. The number of ketones is 1. The van der Waals surface area contributed by atoms with Gasteiger partial charge >= 0.3 is 0 Å². The lowest BCUT2D eigenvalue weighted by molar-refractivity contribution is -0.124. The maximum Gasteiger partial charge on any atom is 0.151 e.